The van der Waals surface area contributed by atoms with Crippen molar-refractivity contribution in [1.82, 2.24) is 10.6 Å². The number of hydrogen-bond acceptors (Lipinski definition) is 3. The smallest absolute Gasteiger partial charge is 0.315 e. The Balaban J connectivity index is 1.98. The zero-order valence-electron chi connectivity index (χ0n) is 9.04. The molecule has 0 bridgehead atoms. The Labute approximate surface area is 89.6 Å². The van der Waals surface area contributed by atoms with Crippen molar-refractivity contribution in [2.24, 2.45) is 0 Å². The summed E-state index contributed by atoms with van der Waals surface area (Å²) >= 11 is 0. The van der Waals surface area contributed by atoms with Crippen molar-refractivity contribution in [3.8, 4) is 0 Å². The van der Waals surface area contributed by atoms with Crippen molar-refractivity contribution in [2.75, 3.05) is 13.2 Å². The third-order valence-corrected chi connectivity index (χ3v) is 2.36. The molecule has 2 N–H and O–H groups in total. The second kappa shape index (κ2) is 6.27. The summed E-state index contributed by atoms with van der Waals surface area (Å²) < 4.78 is 4.73. The van der Waals surface area contributed by atoms with Gasteiger partial charge in [0.15, 0.2) is 0 Å². The second-order valence-corrected chi connectivity index (χ2v) is 3.58. The Bertz CT molecular complexity index is 227. The van der Waals surface area contributed by atoms with Crippen LogP contribution in [0.2, 0.25) is 0 Å². The molecule has 1 aliphatic rings. The van der Waals surface area contributed by atoms with E-state index in [1.807, 2.05) is 0 Å². The lowest BCUT2D eigenvalue weighted by atomic mass is 9.93. The molecule has 0 aromatic carbocycles. The second-order valence-electron chi connectivity index (χ2n) is 3.58. The van der Waals surface area contributed by atoms with Crippen LogP contribution in [0.25, 0.3) is 0 Å². The molecule has 0 saturated heterocycles. The lowest BCUT2D eigenvalue weighted by molar-refractivity contribution is -0.142. The number of carbonyl (C=O) groups is 2. The van der Waals surface area contributed by atoms with E-state index < -0.39 is 0 Å². The summed E-state index contributed by atoms with van der Waals surface area (Å²) in [6, 6.07) is 0.136. The molecule has 86 valence electrons. The monoisotopic (exact) mass is 214 g/mol. The largest absolute Gasteiger partial charge is 0.466 e. The quantitative estimate of drug-likeness (QED) is 0.665. The van der Waals surface area contributed by atoms with Crippen LogP contribution in [0, 0.1) is 0 Å². The Kier molecular flexibility index (Phi) is 4.93. The maximum absolute atomic E-state index is 11.2. The number of ether oxygens (including phenoxy) is 1. The van der Waals surface area contributed by atoms with Gasteiger partial charge in [-0.15, -0.1) is 0 Å². The molecule has 5 heteroatoms. The number of amides is 2. The number of nitrogens with one attached hydrogen (secondary N) is 2. The van der Waals surface area contributed by atoms with Crippen molar-refractivity contribution >= 4 is 12.0 Å². The number of rotatable bonds is 5. The SMILES string of the molecule is CCOC(=O)CCNC(=O)NC1CCC1. The van der Waals surface area contributed by atoms with Crippen LogP contribution in [0.5, 0.6) is 0 Å². The van der Waals surface area contributed by atoms with Crippen molar-refractivity contribution < 1.29 is 14.3 Å². The summed E-state index contributed by atoms with van der Waals surface area (Å²) in [4.78, 5) is 22.1. The molecule has 0 radical (unpaired) electrons. The maximum atomic E-state index is 11.2. The summed E-state index contributed by atoms with van der Waals surface area (Å²) in [7, 11) is 0. The van der Waals surface area contributed by atoms with Crippen LogP contribution >= 0.6 is 0 Å². The van der Waals surface area contributed by atoms with E-state index in [2.05, 4.69) is 10.6 Å². The zero-order chi connectivity index (χ0) is 11.1. The number of esters is 1. The van der Waals surface area contributed by atoms with E-state index in [0.29, 0.717) is 19.2 Å². The highest BCUT2D eigenvalue weighted by Gasteiger charge is 2.18. The van der Waals surface area contributed by atoms with Gasteiger partial charge in [-0.05, 0) is 26.2 Å². The minimum atomic E-state index is -0.276. The molecule has 1 saturated carbocycles. The van der Waals surface area contributed by atoms with Gasteiger partial charge in [0.25, 0.3) is 0 Å². The van der Waals surface area contributed by atoms with E-state index >= 15 is 0 Å². The van der Waals surface area contributed by atoms with E-state index in [-0.39, 0.29) is 18.4 Å². The highest BCUT2D eigenvalue weighted by atomic mass is 16.5. The summed E-state index contributed by atoms with van der Waals surface area (Å²) in [5.74, 6) is -0.276. The van der Waals surface area contributed by atoms with Crippen LogP contribution in [0.15, 0.2) is 0 Å². The topological polar surface area (TPSA) is 67.4 Å². The molecule has 1 rings (SSSR count). The van der Waals surface area contributed by atoms with Crippen molar-refractivity contribution in [1.29, 1.82) is 0 Å². The average Bonchev–Trinajstić information content (AvgIpc) is 2.12. The van der Waals surface area contributed by atoms with Crippen molar-refractivity contribution in [2.45, 2.75) is 38.6 Å². The molecule has 0 atom stereocenters. The first kappa shape index (κ1) is 11.8. The van der Waals surface area contributed by atoms with E-state index in [4.69, 9.17) is 4.74 Å². The fourth-order valence-corrected chi connectivity index (χ4v) is 1.30. The van der Waals surface area contributed by atoms with Gasteiger partial charge in [0.05, 0.1) is 13.0 Å². The average molecular weight is 214 g/mol. The van der Waals surface area contributed by atoms with Gasteiger partial charge in [0.1, 0.15) is 0 Å². The standard InChI is InChI=1S/C10H18N2O3/c1-2-15-9(13)6-7-11-10(14)12-8-4-3-5-8/h8H,2-7H2,1H3,(H2,11,12,14). The van der Waals surface area contributed by atoms with Crippen molar-refractivity contribution in [3.05, 3.63) is 0 Å². The van der Waals surface area contributed by atoms with Gasteiger partial charge in [0, 0.05) is 12.6 Å². The minimum Gasteiger partial charge on any atom is -0.466 e. The normalized spacial score (nSPS) is 15.3. The van der Waals surface area contributed by atoms with Gasteiger partial charge in [0.2, 0.25) is 0 Å². The van der Waals surface area contributed by atoms with Gasteiger partial charge >= 0.3 is 12.0 Å². The number of carbonyl (C=O) groups excluding carboxylic acids is 2. The molecule has 0 heterocycles. The van der Waals surface area contributed by atoms with Crippen LogP contribution in [0.3, 0.4) is 0 Å². The first-order valence-corrected chi connectivity index (χ1v) is 5.42. The van der Waals surface area contributed by atoms with Gasteiger partial charge in [-0.25, -0.2) is 4.79 Å². The van der Waals surface area contributed by atoms with Crippen LogP contribution in [0.4, 0.5) is 4.79 Å². The molecular weight excluding hydrogens is 196 g/mol. The van der Waals surface area contributed by atoms with Crippen LogP contribution in [-0.2, 0) is 9.53 Å². The Morgan fingerprint density at radius 1 is 1.40 bits per heavy atom. The summed E-state index contributed by atoms with van der Waals surface area (Å²) in [5, 5.41) is 5.44. The molecule has 2 amide bonds. The van der Waals surface area contributed by atoms with Crippen LogP contribution in [0.1, 0.15) is 32.6 Å². The molecule has 0 spiro atoms. The molecule has 1 aliphatic carbocycles. The molecule has 0 aromatic rings. The fraction of sp³-hybridized carbons (Fsp3) is 0.800. The maximum Gasteiger partial charge on any atom is 0.315 e. The van der Waals surface area contributed by atoms with Gasteiger partial charge in [-0.2, -0.15) is 0 Å². The Hall–Kier alpha value is -1.26. The van der Waals surface area contributed by atoms with Crippen LogP contribution in [-0.4, -0.2) is 31.2 Å². The van der Waals surface area contributed by atoms with Gasteiger partial charge in [-0.1, -0.05) is 0 Å². The third-order valence-electron chi connectivity index (χ3n) is 2.36. The highest BCUT2D eigenvalue weighted by molar-refractivity contribution is 5.75. The third kappa shape index (κ3) is 4.67. The lowest BCUT2D eigenvalue weighted by Crippen LogP contribution is -2.45. The molecule has 0 aromatic heterocycles. The fourth-order valence-electron chi connectivity index (χ4n) is 1.30. The molecular formula is C10H18N2O3. The van der Waals surface area contributed by atoms with E-state index in [1.165, 1.54) is 6.42 Å². The van der Waals surface area contributed by atoms with E-state index in [0.717, 1.165) is 12.8 Å². The predicted octanol–water partition coefficient (Wildman–Crippen LogP) is 0.791. The van der Waals surface area contributed by atoms with E-state index in [1.54, 1.807) is 6.92 Å². The summed E-state index contributed by atoms with van der Waals surface area (Å²) in [5.41, 5.74) is 0. The zero-order valence-corrected chi connectivity index (χ0v) is 9.04. The first-order chi connectivity index (χ1) is 7.22. The molecule has 0 unspecified atom stereocenters. The van der Waals surface area contributed by atoms with Crippen LogP contribution < -0.4 is 10.6 Å². The Morgan fingerprint density at radius 3 is 2.67 bits per heavy atom. The molecule has 0 aliphatic heterocycles. The molecule has 1 fully saturated rings. The highest BCUT2D eigenvalue weighted by Crippen LogP contribution is 2.17. The first-order valence-electron chi connectivity index (χ1n) is 5.42. The Morgan fingerprint density at radius 2 is 2.13 bits per heavy atom. The van der Waals surface area contributed by atoms with Gasteiger partial charge < -0.3 is 15.4 Å². The van der Waals surface area contributed by atoms with Crippen molar-refractivity contribution in [3.63, 3.8) is 0 Å². The summed E-state index contributed by atoms with van der Waals surface area (Å²) in [6.45, 7) is 2.47. The number of urea groups is 1. The van der Waals surface area contributed by atoms with E-state index in [9.17, 15) is 9.59 Å². The van der Waals surface area contributed by atoms with Gasteiger partial charge in [-0.3, -0.25) is 4.79 Å². The predicted molar refractivity (Wildman–Crippen MR) is 55.4 cm³/mol. The molecule has 15 heavy (non-hydrogen) atoms. The number of hydrogen-bond donors (Lipinski definition) is 2. The minimum absolute atomic E-state index is 0.191. The lowest BCUT2D eigenvalue weighted by Gasteiger charge is -2.26. The molecule has 5 nitrogen and oxygen atoms in total. The summed E-state index contributed by atoms with van der Waals surface area (Å²) in [6.07, 6.45) is 3.54.